The molecule has 3 atom stereocenters. The zero-order valence-corrected chi connectivity index (χ0v) is 17.7. The van der Waals surface area contributed by atoms with Crippen LogP contribution in [-0.2, 0) is 11.3 Å². The topological polar surface area (TPSA) is 69.4 Å². The van der Waals surface area contributed by atoms with Crippen LogP contribution < -0.4 is 10.6 Å². The fraction of sp³-hybridized carbons (Fsp3) is 0.579. The SMILES string of the molecule is CCNC(=NCc1ccc(C#N)cc1F)NC1C2CCOC2C1(C)C.I. The van der Waals surface area contributed by atoms with E-state index in [1.54, 1.807) is 12.1 Å². The molecule has 3 rings (SSSR count). The molecule has 1 heterocycles. The van der Waals surface area contributed by atoms with Crippen LogP contribution in [-0.4, -0.2) is 31.3 Å². The summed E-state index contributed by atoms with van der Waals surface area (Å²) in [6.07, 6.45) is 1.37. The van der Waals surface area contributed by atoms with E-state index in [0.29, 0.717) is 35.2 Å². The van der Waals surface area contributed by atoms with E-state index in [9.17, 15) is 4.39 Å². The number of guanidine groups is 1. The van der Waals surface area contributed by atoms with Gasteiger partial charge >= 0.3 is 0 Å². The quantitative estimate of drug-likeness (QED) is 0.402. The number of fused-ring (bicyclic) bond motifs is 1. The van der Waals surface area contributed by atoms with Crippen molar-refractivity contribution in [3.05, 3.63) is 35.1 Å². The number of rotatable bonds is 4. The van der Waals surface area contributed by atoms with Crippen LogP contribution in [0.1, 0.15) is 38.3 Å². The van der Waals surface area contributed by atoms with Gasteiger partial charge in [0.2, 0.25) is 0 Å². The first-order valence-electron chi connectivity index (χ1n) is 8.82. The lowest BCUT2D eigenvalue weighted by molar-refractivity contribution is -0.106. The fourth-order valence-corrected chi connectivity index (χ4v) is 3.99. The Hall–Kier alpha value is -1.40. The average Bonchev–Trinajstić information content (AvgIpc) is 3.05. The Balaban J connectivity index is 0.00000243. The van der Waals surface area contributed by atoms with E-state index < -0.39 is 5.82 Å². The second-order valence-corrected chi connectivity index (χ2v) is 7.30. The maximum absolute atomic E-state index is 14.0. The molecule has 1 aromatic rings. The van der Waals surface area contributed by atoms with Crippen molar-refractivity contribution in [3.8, 4) is 6.07 Å². The zero-order valence-electron chi connectivity index (χ0n) is 15.4. The smallest absolute Gasteiger partial charge is 0.191 e. The van der Waals surface area contributed by atoms with E-state index in [2.05, 4.69) is 29.5 Å². The van der Waals surface area contributed by atoms with Crippen molar-refractivity contribution >= 4 is 29.9 Å². The molecule has 2 N–H and O–H groups in total. The molecule has 0 spiro atoms. The summed E-state index contributed by atoms with van der Waals surface area (Å²) in [6.45, 7) is 8.21. The van der Waals surface area contributed by atoms with Crippen LogP contribution in [0.3, 0.4) is 0 Å². The lowest BCUT2D eigenvalue weighted by Gasteiger charge is -2.54. The van der Waals surface area contributed by atoms with Gasteiger partial charge in [-0.3, -0.25) is 0 Å². The van der Waals surface area contributed by atoms with Crippen LogP contribution in [0.25, 0.3) is 0 Å². The highest BCUT2D eigenvalue weighted by Gasteiger charge is 2.59. The van der Waals surface area contributed by atoms with Crippen molar-refractivity contribution in [2.24, 2.45) is 16.3 Å². The Morgan fingerprint density at radius 2 is 2.23 bits per heavy atom. The summed E-state index contributed by atoms with van der Waals surface area (Å²) in [6, 6.07) is 6.72. The van der Waals surface area contributed by atoms with Crippen LogP contribution in [0, 0.1) is 28.5 Å². The van der Waals surface area contributed by atoms with Crippen LogP contribution in [0.2, 0.25) is 0 Å². The van der Waals surface area contributed by atoms with Crippen LogP contribution in [0.5, 0.6) is 0 Å². The number of nitriles is 1. The summed E-state index contributed by atoms with van der Waals surface area (Å²) in [5.74, 6) is 0.798. The molecule has 7 heteroatoms. The van der Waals surface area contributed by atoms with Gasteiger partial charge in [0.25, 0.3) is 0 Å². The monoisotopic (exact) mass is 472 g/mol. The van der Waals surface area contributed by atoms with Crippen molar-refractivity contribution in [2.45, 2.75) is 45.9 Å². The molecule has 1 aliphatic heterocycles. The number of hydrogen-bond acceptors (Lipinski definition) is 3. The van der Waals surface area contributed by atoms with Gasteiger partial charge in [-0.2, -0.15) is 5.26 Å². The van der Waals surface area contributed by atoms with E-state index in [0.717, 1.165) is 19.6 Å². The van der Waals surface area contributed by atoms with Crippen LogP contribution >= 0.6 is 24.0 Å². The molecule has 0 aromatic heterocycles. The number of halogens is 2. The summed E-state index contributed by atoms with van der Waals surface area (Å²) in [4.78, 5) is 4.53. The summed E-state index contributed by atoms with van der Waals surface area (Å²) in [5, 5.41) is 15.6. The van der Waals surface area contributed by atoms with Crippen LogP contribution in [0.15, 0.2) is 23.2 Å². The average molecular weight is 472 g/mol. The van der Waals surface area contributed by atoms with Gasteiger partial charge in [-0.25, -0.2) is 9.38 Å². The molecule has 2 aliphatic rings. The van der Waals surface area contributed by atoms with Crippen molar-refractivity contribution in [2.75, 3.05) is 13.2 Å². The van der Waals surface area contributed by atoms with Crippen molar-refractivity contribution in [3.63, 3.8) is 0 Å². The van der Waals surface area contributed by atoms with E-state index in [1.165, 1.54) is 6.07 Å². The molecule has 0 bridgehead atoms. The second-order valence-electron chi connectivity index (χ2n) is 7.30. The molecule has 1 saturated heterocycles. The summed E-state index contributed by atoms with van der Waals surface area (Å²) < 4.78 is 19.9. The Kier molecular flexibility index (Phi) is 6.86. The summed E-state index contributed by atoms with van der Waals surface area (Å²) in [5.41, 5.74) is 0.849. The molecule has 5 nitrogen and oxygen atoms in total. The Morgan fingerprint density at radius 1 is 1.46 bits per heavy atom. The molecule has 142 valence electrons. The van der Waals surface area contributed by atoms with Gasteiger partial charge in [-0.05, 0) is 25.5 Å². The zero-order chi connectivity index (χ0) is 18.0. The van der Waals surface area contributed by atoms with Crippen molar-refractivity contribution in [1.29, 1.82) is 5.26 Å². The molecule has 0 amide bonds. The molecule has 26 heavy (non-hydrogen) atoms. The molecule has 1 aromatic carbocycles. The van der Waals surface area contributed by atoms with Crippen molar-refractivity contribution < 1.29 is 9.13 Å². The number of aliphatic imine (C=N–C) groups is 1. The van der Waals surface area contributed by atoms with E-state index in [4.69, 9.17) is 10.00 Å². The molecule has 0 radical (unpaired) electrons. The summed E-state index contributed by atoms with van der Waals surface area (Å²) >= 11 is 0. The lowest BCUT2D eigenvalue weighted by atomic mass is 9.57. The largest absolute Gasteiger partial charge is 0.377 e. The number of ether oxygens (including phenoxy) is 1. The number of hydrogen-bond donors (Lipinski definition) is 2. The normalized spacial score (nSPS) is 26.1. The molecule has 1 aliphatic carbocycles. The Labute approximate surface area is 171 Å². The molecule has 1 saturated carbocycles. The maximum Gasteiger partial charge on any atom is 0.191 e. The third-order valence-corrected chi connectivity index (χ3v) is 5.33. The fourth-order valence-electron chi connectivity index (χ4n) is 3.99. The minimum atomic E-state index is -0.396. The highest BCUT2D eigenvalue weighted by atomic mass is 127. The highest BCUT2D eigenvalue weighted by Crippen LogP contribution is 2.52. The van der Waals surface area contributed by atoms with Gasteiger partial charge in [0.05, 0.1) is 24.3 Å². The van der Waals surface area contributed by atoms with Crippen molar-refractivity contribution in [1.82, 2.24) is 10.6 Å². The molecular weight excluding hydrogens is 446 g/mol. The number of benzene rings is 1. The van der Waals surface area contributed by atoms with Gasteiger partial charge in [0.15, 0.2) is 5.96 Å². The Bertz CT molecular complexity index is 716. The third-order valence-electron chi connectivity index (χ3n) is 5.33. The predicted octanol–water partition coefficient (Wildman–Crippen LogP) is 3.18. The molecule has 3 unspecified atom stereocenters. The predicted molar refractivity (Wildman–Crippen MR) is 110 cm³/mol. The Morgan fingerprint density at radius 3 is 2.88 bits per heavy atom. The molecular formula is C19H26FIN4O. The highest BCUT2D eigenvalue weighted by molar-refractivity contribution is 14.0. The minimum Gasteiger partial charge on any atom is -0.377 e. The maximum atomic E-state index is 14.0. The minimum absolute atomic E-state index is 0. The van der Waals surface area contributed by atoms with E-state index in [-0.39, 0.29) is 35.9 Å². The van der Waals surface area contributed by atoms with E-state index >= 15 is 0 Å². The van der Waals surface area contributed by atoms with Gasteiger partial charge in [0, 0.05) is 36.1 Å². The summed E-state index contributed by atoms with van der Waals surface area (Å²) in [7, 11) is 0. The van der Waals surface area contributed by atoms with Gasteiger partial charge < -0.3 is 15.4 Å². The lowest BCUT2D eigenvalue weighted by Crippen LogP contribution is -2.67. The number of nitrogens with zero attached hydrogens (tertiary/aromatic N) is 2. The first-order chi connectivity index (χ1) is 12.0. The molecule has 2 fully saturated rings. The first-order valence-corrected chi connectivity index (χ1v) is 8.82. The van der Waals surface area contributed by atoms with Crippen LogP contribution in [0.4, 0.5) is 4.39 Å². The van der Waals surface area contributed by atoms with E-state index in [1.807, 2.05) is 13.0 Å². The number of nitrogens with one attached hydrogen (secondary N) is 2. The van der Waals surface area contributed by atoms with Gasteiger partial charge in [-0.15, -0.1) is 24.0 Å². The standard InChI is InChI=1S/C19H25FN4O.HI/c1-4-22-18(23-11-13-6-5-12(10-21)9-15(13)20)24-16-14-7-8-25-17(14)19(16,2)3;/h5-6,9,14,16-17H,4,7-8,11H2,1-3H3,(H2,22,23,24);1H. The second kappa shape index (κ2) is 8.53. The third kappa shape index (κ3) is 3.96. The van der Waals surface area contributed by atoms with Gasteiger partial charge in [0.1, 0.15) is 5.82 Å². The first kappa shape index (κ1) is 20.9. The van der Waals surface area contributed by atoms with Gasteiger partial charge in [-0.1, -0.05) is 19.9 Å².